The lowest BCUT2D eigenvalue weighted by Crippen LogP contribution is -2.26. The molecule has 3 aromatic carbocycles. The minimum atomic E-state index is -3.49. The Bertz CT molecular complexity index is 1210. The molecule has 4 rings (SSSR count). The first-order chi connectivity index (χ1) is 15.4. The first-order valence-electron chi connectivity index (χ1n) is 10.3. The number of carbonyl (C=O) groups excluding carboxylic acids is 1. The van der Waals surface area contributed by atoms with Gasteiger partial charge in [0.25, 0.3) is 5.91 Å². The molecule has 3 aromatic rings. The molecule has 1 saturated carbocycles. The summed E-state index contributed by atoms with van der Waals surface area (Å²) in [4.78, 5) is 13.0. The van der Waals surface area contributed by atoms with Crippen molar-refractivity contribution in [2.24, 2.45) is 0 Å². The summed E-state index contributed by atoms with van der Waals surface area (Å²) in [5, 5.41) is 3.46. The molecule has 0 saturated heterocycles. The van der Waals surface area contributed by atoms with Crippen molar-refractivity contribution in [3.05, 3.63) is 94.5 Å². The van der Waals surface area contributed by atoms with Gasteiger partial charge in [0.1, 0.15) is 12.4 Å². The van der Waals surface area contributed by atoms with Gasteiger partial charge in [-0.05, 0) is 48.7 Å². The predicted molar refractivity (Wildman–Crippen MR) is 123 cm³/mol. The van der Waals surface area contributed by atoms with Crippen LogP contribution >= 0.6 is 11.6 Å². The molecule has 1 amide bonds. The molecule has 0 radical (unpaired) electrons. The van der Waals surface area contributed by atoms with Gasteiger partial charge in [0.15, 0.2) is 0 Å². The highest BCUT2D eigenvalue weighted by Crippen LogP contribution is 2.23. The zero-order valence-electron chi connectivity index (χ0n) is 17.3. The van der Waals surface area contributed by atoms with E-state index in [1.54, 1.807) is 54.6 Å². The molecule has 0 atom stereocenters. The Labute approximate surface area is 192 Å². The van der Waals surface area contributed by atoms with Crippen LogP contribution in [0.4, 0.5) is 0 Å². The number of rotatable bonds is 9. The standard InChI is InChI=1S/C24H23ClN2O4S/c25-22-7-3-1-5-18(22)16-31-23-8-4-2-6-21(23)24(28)26-15-17-9-13-20(14-10-17)32(29,30)27-19-11-12-19/h1-10,13-14,19,27H,11-12,15-16H2,(H,26,28). The van der Waals surface area contributed by atoms with Gasteiger partial charge in [0.05, 0.1) is 10.5 Å². The molecule has 166 valence electrons. The summed E-state index contributed by atoms with van der Waals surface area (Å²) in [5.74, 6) is 0.171. The SMILES string of the molecule is O=C(NCc1ccc(S(=O)(=O)NC2CC2)cc1)c1ccccc1OCc1ccccc1Cl. The molecule has 6 nitrogen and oxygen atoms in total. The van der Waals surface area contributed by atoms with Gasteiger partial charge in [-0.2, -0.15) is 0 Å². The van der Waals surface area contributed by atoms with Gasteiger partial charge < -0.3 is 10.1 Å². The maximum absolute atomic E-state index is 12.7. The van der Waals surface area contributed by atoms with E-state index in [-0.39, 0.29) is 30.0 Å². The lowest BCUT2D eigenvalue weighted by Gasteiger charge is -2.13. The Morgan fingerprint density at radius 2 is 1.66 bits per heavy atom. The third kappa shape index (κ3) is 5.68. The molecule has 0 heterocycles. The van der Waals surface area contributed by atoms with Crippen molar-refractivity contribution in [2.75, 3.05) is 0 Å². The molecule has 0 unspecified atom stereocenters. The molecule has 0 aliphatic heterocycles. The molecule has 1 aliphatic carbocycles. The average molecular weight is 471 g/mol. The molecular formula is C24H23ClN2O4S. The second-order valence-electron chi connectivity index (χ2n) is 7.60. The fraction of sp³-hybridized carbons (Fsp3) is 0.208. The van der Waals surface area contributed by atoms with Gasteiger partial charge in [-0.25, -0.2) is 13.1 Å². The van der Waals surface area contributed by atoms with Crippen LogP contribution in [0.15, 0.2) is 77.7 Å². The highest BCUT2D eigenvalue weighted by Gasteiger charge is 2.27. The van der Waals surface area contributed by atoms with Crippen LogP contribution in [0.2, 0.25) is 5.02 Å². The Morgan fingerprint density at radius 1 is 0.969 bits per heavy atom. The summed E-state index contributed by atoms with van der Waals surface area (Å²) in [6, 6.07) is 20.9. The van der Waals surface area contributed by atoms with Crippen LogP contribution in [0.3, 0.4) is 0 Å². The van der Waals surface area contributed by atoms with Crippen molar-refractivity contribution in [3.8, 4) is 5.75 Å². The van der Waals surface area contributed by atoms with Crippen LogP contribution in [-0.2, 0) is 23.2 Å². The summed E-state index contributed by atoms with van der Waals surface area (Å²) < 4.78 is 33.0. The molecule has 0 aromatic heterocycles. The van der Waals surface area contributed by atoms with Gasteiger partial charge in [-0.1, -0.05) is 54.1 Å². The van der Waals surface area contributed by atoms with Crippen molar-refractivity contribution >= 4 is 27.5 Å². The van der Waals surface area contributed by atoms with E-state index in [4.69, 9.17) is 16.3 Å². The number of sulfonamides is 1. The van der Waals surface area contributed by atoms with Crippen molar-refractivity contribution in [2.45, 2.75) is 36.9 Å². The predicted octanol–water partition coefficient (Wildman–Crippen LogP) is 4.29. The minimum Gasteiger partial charge on any atom is -0.488 e. The van der Waals surface area contributed by atoms with E-state index in [9.17, 15) is 13.2 Å². The van der Waals surface area contributed by atoms with Crippen LogP contribution in [0.1, 0.15) is 34.3 Å². The number of halogens is 1. The second kappa shape index (κ2) is 9.73. The Kier molecular flexibility index (Phi) is 6.79. The third-order valence-electron chi connectivity index (χ3n) is 5.06. The largest absolute Gasteiger partial charge is 0.488 e. The van der Waals surface area contributed by atoms with Gasteiger partial charge in [0, 0.05) is 23.2 Å². The normalized spacial score (nSPS) is 13.5. The molecular weight excluding hydrogens is 448 g/mol. The lowest BCUT2D eigenvalue weighted by molar-refractivity contribution is 0.0946. The molecule has 1 fully saturated rings. The number of para-hydroxylation sites is 1. The quantitative estimate of drug-likeness (QED) is 0.488. The number of amides is 1. The first-order valence-corrected chi connectivity index (χ1v) is 12.1. The molecule has 1 aliphatic rings. The number of hydrogen-bond acceptors (Lipinski definition) is 4. The van der Waals surface area contributed by atoms with Gasteiger partial charge in [-0.15, -0.1) is 0 Å². The van der Waals surface area contributed by atoms with E-state index in [2.05, 4.69) is 10.0 Å². The summed E-state index contributed by atoms with van der Waals surface area (Å²) in [7, 11) is -3.49. The number of benzene rings is 3. The fourth-order valence-electron chi connectivity index (χ4n) is 3.10. The van der Waals surface area contributed by atoms with Crippen molar-refractivity contribution in [1.82, 2.24) is 10.0 Å². The Hall–Kier alpha value is -2.87. The monoisotopic (exact) mass is 470 g/mol. The van der Waals surface area contributed by atoms with Crippen LogP contribution < -0.4 is 14.8 Å². The summed E-state index contributed by atoms with van der Waals surface area (Å²) >= 11 is 6.18. The van der Waals surface area contributed by atoms with Gasteiger partial charge in [-0.3, -0.25) is 4.79 Å². The second-order valence-corrected chi connectivity index (χ2v) is 9.72. The molecule has 2 N–H and O–H groups in total. The maximum atomic E-state index is 12.7. The highest BCUT2D eigenvalue weighted by atomic mass is 35.5. The molecule has 0 bridgehead atoms. The van der Waals surface area contributed by atoms with E-state index in [1.165, 1.54) is 0 Å². The number of ether oxygens (including phenoxy) is 1. The lowest BCUT2D eigenvalue weighted by atomic mass is 10.1. The summed E-state index contributed by atoms with van der Waals surface area (Å²) in [5.41, 5.74) is 2.03. The van der Waals surface area contributed by atoms with Gasteiger partial charge in [0.2, 0.25) is 10.0 Å². The van der Waals surface area contributed by atoms with Crippen molar-refractivity contribution in [1.29, 1.82) is 0 Å². The smallest absolute Gasteiger partial charge is 0.255 e. The van der Waals surface area contributed by atoms with E-state index >= 15 is 0 Å². The van der Waals surface area contributed by atoms with Crippen molar-refractivity contribution in [3.63, 3.8) is 0 Å². The average Bonchev–Trinajstić information content (AvgIpc) is 3.61. The minimum absolute atomic E-state index is 0.0548. The molecule has 0 spiro atoms. The third-order valence-corrected chi connectivity index (χ3v) is 6.96. The van der Waals surface area contributed by atoms with Crippen LogP contribution in [-0.4, -0.2) is 20.4 Å². The zero-order valence-corrected chi connectivity index (χ0v) is 18.8. The Balaban J connectivity index is 1.37. The van der Waals surface area contributed by atoms with Gasteiger partial charge >= 0.3 is 0 Å². The fourth-order valence-corrected chi connectivity index (χ4v) is 4.60. The molecule has 8 heteroatoms. The van der Waals surface area contributed by atoms with Crippen molar-refractivity contribution < 1.29 is 17.9 Å². The summed E-state index contributed by atoms with van der Waals surface area (Å²) in [6.45, 7) is 0.503. The van der Waals surface area contributed by atoms with E-state index < -0.39 is 10.0 Å². The van der Waals surface area contributed by atoms with E-state index in [0.717, 1.165) is 24.0 Å². The zero-order chi connectivity index (χ0) is 22.6. The summed E-state index contributed by atoms with van der Waals surface area (Å²) in [6.07, 6.45) is 1.76. The van der Waals surface area contributed by atoms with E-state index in [1.807, 2.05) is 18.2 Å². The number of nitrogens with one attached hydrogen (secondary N) is 2. The maximum Gasteiger partial charge on any atom is 0.255 e. The van der Waals surface area contributed by atoms with Crippen LogP contribution in [0.5, 0.6) is 5.75 Å². The van der Waals surface area contributed by atoms with E-state index in [0.29, 0.717) is 16.3 Å². The highest BCUT2D eigenvalue weighted by molar-refractivity contribution is 7.89. The Morgan fingerprint density at radius 3 is 2.38 bits per heavy atom. The first kappa shape index (κ1) is 22.3. The van der Waals surface area contributed by atoms with Crippen LogP contribution in [0.25, 0.3) is 0 Å². The number of hydrogen-bond donors (Lipinski definition) is 2. The number of carbonyl (C=O) groups is 1. The molecule has 32 heavy (non-hydrogen) atoms. The van der Waals surface area contributed by atoms with Crippen LogP contribution in [0, 0.1) is 0 Å². The topological polar surface area (TPSA) is 84.5 Å².